The van der Waals surface area contributed by atoms with Gasteiger partial charge < -0.3 is 5.32 Å². The molecule has 0 atom stereocenters. The highest BCUT2D eigenvalue weighted by Crippen LogP contribution is 2.26. The molecule has 1 N–H and O–H groups in total. The molecule has 2 rings (SSSR count). The standard InChI is InChI=1S/C21H23NO/c1-4-21(5-2,6-3)22-20(23)19(17-13-9-7-10-14-17)18-15-11-8-12-16-18/h1,7-16,19H,5-6H2,2-3H3,(H,22,23). The van der Waals surface area contributed by atoms with Gasteiger partial charge in [0.05, 0.1) is 5.92 Å². The van der Waals surface area contributed by atoms with Gasteiger partial charge in [-0.1, -0.05) is 80.4 Å². The van der Waals surface area contributed by atoms with Crippen molar-refractivity contribution in [2.24, 2.45) is 0 Å². The van der Waals surface area contributed by atoms with E-state index in [1.165, 1.54) is 0 Å². The fourth-order valence-electron chi connectivity index (χ4n) is 2.76. The Hall–Kier alpha value is -2.53. The summed E-state index contributed by atoms with van der Waals surface area (Å²) in [6, 6.07) is 19.6. The number of hydrogen-bond donors (Lipinski definition) is 1. The minimum Gasteiger partial charge on any atom is -0.339 e. The van der Waals surface area contributed by atoms with E-state index >= 15 is 0 Å². The van der Waals surface area contributed by atoms with Crippen LogP contribution < -0.4 is 5.32 Å². The van der Waals surface area contributed by atoms with Crippen molar-refractivity contribution in [1.82, 2.24) is 5.32 Å². The van der Waals surface area contributed by atoms with Crippen molar-refractivity contribution in [1.29, 1.82) is 0 Å². The molecule has 118 valence electrons. The summed E-state index contributed by atoms with van der Waals surface area (Å²) in [5.74, 6) is 2.36. The zero-order valence-electron chi connectivity index (χ0n) is 13.8. The predicted octanol–water partition coefficient (Wildman–Crippen LogP) is 4.13. The number of hydrogen-bond acceptors (Lipinski definition) is 1. The SMILES string of the molecule is C#CC(CC)(CC)NC(=O)C(c1ccccc1)c1ccccc1. The van der Waals surface area contributed by atoms with Crippen molar-refractivity contribution in [2.75, 3.05) is 0 Å². The third-order valence-corrected chi connectivity index (χ3v) is 4.37. The van der Waals surface area contributed by atoms with Crippen LogP contribution in [0.4, 0.5) is 0 Å². The molecule has 0 aromatic heterocycles. The van der Waals surface area contributed by atoms with Crippen molar-refractivity contribution >= 4 is 5.91 Å². The quantitative estimate of drug-likeness (QED) is 0.799. The summed E-state index contributed by atoms with van der Waals surface area (Å²) < 4.78 is 0. The summed E-state index contributed by atoms with van der Waals surface area (Å²) in [6.45, 7) is 4.01. The molecule has 0 fully saturated rings. The topological polar surface area (TPSA) is 29.1 Å². The summed E-state index contributed by atoms with van der Waals surface area (Å²) in [7, 11) is 0. The Labute approximate surface area is 138 Å². The molecule has 0 unspecified atom stereocenters. The van der Waals surface area contributed by atoms with Crippen LogP contribution in [0.15, 0.2) is 60.7 Å². The lowest BCUT2D eigenvalue weighted by Crippen LogP contribution is -2.48. The zero-order chi connectivity index (χ0) is 16.7. The lowest BCUT2D eigenvalue weighted by molar-refractivity contribution is -0.123. The van der Waals surface area contributed by atoms with Gasteiger partial charge in [-0.05, 0) is 24.0 Å². The largest absolute Gasteiger partial charge is 0.339 e. The van der Waals surface area contributed by atoms with Gasteiger partial charge in [-0.2, -0.15) is 0 Å². The first kappa shape index (κ1) is 16.8. The van der Waals surface area contributed by atoms with Gasteiger partial charge >= 0.3 is 0 Å². The second-order valence-corrected chi connectivity index (χ2v) is 5.68. The summed E-state index contributed by atoms with van der Waals surface area (Å²) in [4.78, 5) is 13.0. The van der Waals surface area contributed by atoms with Crippen LogP contribution in [0.5, 0.6) is 0 Å². The van der Waals surface area contributed by atoms with E-state index in [-0.39, 0.29) is 11.8 Å². The van der Waals surface area contributed by atoms with Gasteiger partial charge in [0.15, 0.2) is 0 Å². The third-order valence-electron chi connectivity index (χ3n) is 4.37. The van der Waals surface area contributed by atoms with Gasteiger partial charge in [-0.25, -0.2) is 0 Å². The molecule has 2 nitrogen and oxygen atoms in total. The zero-order valence-corrected chi connectivity index (χ0v) is 13.8. The molecule has 2 aromatic rings. The molecule has 0 aliphatic carbocycles. The number of benzene rings is 2. The lowest BCUT2D eigenvalue weighted by atomic mass is 9.87. The fraction of sp³-hybridized carbons (Fsp3) is 0.286. The summed E-state index contributed by atoms with van der Waals surface area (Å²) in [5, 5.41) is 3.10. The highest BCUT2D eigenvalue weighted by Gasteiger charge is 2.30. The molecule has 0 saturated carbocycles. The predicted molar refractivity (Wildman–Crippen MR) is 95.0 cm³/mol. The van der Waals surface area contributed by atoms with Crippen molar-refractivity contribution in [3.05, 3.63) is 71.8 Å². The van der Waals surface area contributed by atoms with Crippen LogP contribution in [0.1, 0.15) is 43.7 Å². The molecule has 23 heavy (non-hydrogen) atoms. The van der Waals surface area contributed by atoms with Gasteiger partial charge in [0.1, 0.15) is 5.54 Å². The Morgan fingerprint density at radius 1 is 1.00 bits per heavy atom. The maximum atomic E-state index is 13.0. The van der Waals surface area contributed by atoms with Gasteiger partial charge in [-0.15, -0.1) is 6.42 Å². The molecule has 2 aromatic carbocycles. The molecule has 1 amide bonds. The van der Waals surface area contributed by atoms with Gasteiger partial charge in [0, 0.05) is 0 Å². The van der Waals surface area contributed by atoms with E-state index in [0.29, 0.717) is 12.8 Å². The van der Waals surface area contributed by atoms with E-state index in [1.54, 1.807) is 0 Å². The van der Waals surface area contributed by atoms with Crippen LogP contribution in [-0.4, -0.2) is 11.4 Å². The lowest BCUT2D eigenvalue weighted by Gasteiger charge is -2.30. The molecule has 0 aliphatic rings. The van der Waals surface area contributed by atoms with Crippen LogP contribution in [0.2, 0.25) is 0 Å². The number of carbonyl (C=O) groups excluding carboxylic acids is 1. The number of carbonyl (C=O) groups is 1. The maximum Gasteiger partial charge on any atom is 0.233 e. The van der Waals surface area contributed by atoms with E-state index in [0.717, 1.165) is 11.1 Å². The first-order valence-corrected chi connectivity index (χ1v) is 8.05. The number of amides is 1. The van der Waals surface area contributed by atoms with E-state index in [2.05, 4.69) is 11.2 Å². The molecule has 2 heteroatoms. The highest BCUT2D eigenvalue weighted by atomic mass is 16.2. The normalized spacial score (nSPS) is 11.0. The van der Waals surface area contributed by atoms with E-state index < -0.39 is 5.54 Å². The molecule has 0 aliphatic heterocycles. The summed E-state index contributed by atoms with van der Waals surface area (Å²) >= 11 is 0. The molecular formula is C21H23NO. The number of rotatable bonds is 6. The van der Waals surface area contributed by atoms with Gasteiger partial charge in [-0.3, -0.25) is 4.79 Å². The minimum absolute atomic E-state index is 0.0518. The average Bonchev–Trinajstić information content (AvgIpc) is 2.62. The molecule has 0 spiro atoms. The third kappa shape index (κ3) is 3.81. The maximum absolute atomic E-state index is 13.0. The Kier molecular flexibility index (Phi) is 5.60. The monoisotopic (exact) mass is 305 g/mol. The van der Waals surface area contributed by atoms with Crippen LogP contribution >= 0.6 is 0 Å². The molecular weight excluding hydrogens is 282 g/mol. The molecule has 0 radical (unpaired) electrons. The molecule has 0 heterocycles. The van der Waals surface area contributed by atoms with Crippen molar-refractivity contribution in [3.8, 4) is 12.3 Å². The highest BCUT2D eigenvalue weighted by molar-refractivity contribution is 5.88. The van der Waals surface area contributed by atoms with Crippen LogP contribution in [0, 0.1) is 12.3 Å². The van der Waals surface area contributed by atoms with E-state index in [9.17, 15) is 4.79 Å². The fourth-order valence-corrected chi connectivity index (χ4v) is 2.76. The average molecular weight is 305 g/mol. The Balaban J connectivity index is 2.39. The van der Waals surface area contributed by atoms with Gasteiger partial charge in [0.2, 0.25) is 5.91 Å². The minimum atomic E-state index is -0.584. The first-order chi connectivity index (χ1) is 11.2. The smallest absolute Gasteiger partial charge is 0.233 e. The van der Waals surface area contributed by atoms with Crippen LogP contribution in [-0.2, 0) is 4.79 Å². The molecule has 0 saturated heterocycles. The van der Waals surface area contributed by atoms with Crippen molar-refractivity contribution in [2.45, 2.75) is 38.1 Å². The first-order valence-electron chi connectivity index (χ1n) is 8.05. The second kappa shape index (κ2) is 7.65. The van der Waals surface area contributed by atoms with Crippen LogP contribution in [0.25, 0.3) is 0 Å². The summed E-state index contributed by atoms with van der Waals surface area (Å²) in [6.07, 6.45) is 7.11. The van der Waals surface area contributed by atoms with Gasteiger partial charge in [0.25, 0.3) is 0 Å². The summed E-state index contributed by atoms with van der Waals surface area (Å²) in [5.41, 5.74) is 1.35. The Bertz CT molecular complexity index is 626. The van der Waals surface area contributed by atoms with E-state index in [4.69, 9.17) is 6.42 Å². The van der Waals surface area contributed by atoms with E-state index in [1.807, 2.05) is 74.5 Å². The van der Waals surface area contributed by atoms with Crippen molar-refractivity contribution < 1.29 is 4.79 Å². The number of nitrogens with one attached hydrogen (secondary N) is 1. The second-order valence-electron chi connectivity index (χ2n) is 5.68. The molecule has 0 bridgehead atoms. The number of terminal acetylenes is 1. The van der Waals surface area contributed by atoms with Crippen LogP contribution in [0.3, 0.4) is 0 Å². The Morgan fingerprint density at radius 2 is 1.43 bits per heavy atom. The Morgan fingerprint density at radius 3 is 1.78 bits per heavy atom. The van der Waals surface area contributed by atoms with Crippen molar-refractivity contribution in [3.63, 3.8) is 0 Å².